The Morgan fingerprint density at radius 2 is 1.36 bits per heavy atom. The van der Waals surface area contributed by atoms with Gasteiger partial charge in [0.05, 0.1) is 31.3 Å². The van der Waals surface area contributed by atoms with Crippen LogP contribution in [0.15, 0.2) is 76.5 Å². The molecule has 0 aromatic heterocycles. The van der Waals surface area contributed by atoms with Gasteiger partial charge in [-0.15, -0.1) is 0 Å². The third-order valence-corrected chi connectivity index (χ3v) is 7.82. The molecular formula is C26H30O8S2. The van der Waals surface area contributed by atoms with Gasteiger partial charge >= 0.3 is 10.1 Å². The summed E-state index contributed by atoms with van der Waals surface area (Å²) in [5.41, 5.74) is 3.48. The zero-order valence-electron chi connectivity index (χ0n) is 20.5. The van der Waals surface area contributed by atoms with E-state index in [0.29, 0.717) is 0 Å². The van der Waals surface area contributed by atoms with Gasteiger partial charge in [-0.25, -0.2) is 0 Å². The second-order valence-corrected chi connectivity index (χ2v) is 11.3. The fourth-order valence-corrected chi connectivity index (χ4v) is 5.22. The Balaban J connectivity index is 1.53. The number of benzene rings is 3. The van der Waals surface area contributed by atoms with Crippen molar-refractivity contribution in [3.05, 3.63) is 89.0 Å². The minimum absolute atomic E-state index is 0.0185. The summed E-state index contributed by atoms with van der Waals surface area (Å²) < 4.78 is 70.6. The maximum Gasteiger partial charge on any atom is 0.300 e. The first-order chi connectivity index (χ1) is 17.1. The SMILES string of the molecule is CCOS(=O)(=O)c1ccc(C)cc1OCc1cccc(COCCOS(=O)(=O)c2ccc(C)cc2)c1. The zero-order chi connectivity index (χ0) is 26.2. The van der Waals surface area contributed by atoms with Crippen LogP contribution in [-0.2, 0) is 46.6 Å². The van der Waals surface area contributed by atoms with E-state index in [1.165, 1.54) is 18.2 Å². The van der Waals surface area contributed by atoms with E-state index in [1.807, 2.05) is 38.1 Å². The van der Waals surface area contributed by atoms with E-state index in [1.54, 1.807) is 31.2 Å². The summed E-state index contributed by atoms with van der Waals surface area (Å²) in [6, 6.07) is 18.7. The highest BCUT2D eigenvalue weighted by molar-refractivity contribution is 7.87. The van der Waals surface area contributed by atoms with Gasteiger partial charge in [0.2, 0.25) is 0 Å². The molecule has 10 heteroatoms. The molecule has 0 amide bonds. The van der Waals surface area contributed by atoms with Crippen LogP contribution in [0.2, 0.25) is 0 Å². The second kappa shape index (κ2) is 12.5. The minimum Gasteiger partial charge on any atom is -0.487 e. The Morgan fingerprint density at radius 3 is 2.06 bits per heavy atom. The molecule has 3 aromatic rings. The molecule has 36 heavy (non-hydrogen) atoms. The van der Waals surface area contributed by atoms with Gasteiger partial charge < -0.3 is 9.47 Å². The molecule has 0 atom stereocenters. The van der Waals surface area contributed by atoms with Gasteiger partial charge in [0, 0.05) is 0 Å². The summed E-state index contributed by atoms with van der Waals surface area (Å²) in [6.45, 7) is 5.73. The largest absolute Gasteiger partial charge is 0.487 e. The van der Waals surface area contributed by atoms with Gasteiger partial charge in [-0.05, 0) is 61.7 Å². The molecule has 0 fully saturated rings. The fraction of sp³-hybridized carbons (Fsp3) is 0.308. The summed E-state index contributed by atoms with van der Waals surface area (Å²) >= 11 is 0. The van der Waals surface area contributed by atoms with Gasteiger partial charge in [0.25, 0.3) is 10.1 Å². The van der Waals surface area contributed by atoms with E-state index in [4.69, 9.17) is 17.8 Å². The van der Waals surface area contributed by atoms with Crippen LogP contribution in [0.25, 0.3) is 0 Å². The van der Waals surface area contributed by atoms with Gasteiger partial charge in [0.15, 0.2) is 0 Å². The second-order valence-electron chi connectivity index (χ2n) is 8.06. The predicted molar refractivity (Wildman–Crippen MR) is 135 cm³/mol. The van der Waals surface area contributed by atoms with Gasteiger partial charge in [0.1, 0.15) is 17.3 Å². The topological polar surface area (TPSA) is 105 Å². The number of aryl methyl sites for hydroxylation is 2. The van der Waals surface area contributed by atoms with E-state index >= 15 is 0 Å². The molecule has 0 unspecified atom stereocenters. The van der Waals surface area contributed by atoms with Crippen molar-refractivity contribution in [2.75, 3.05) is 19.8 Å². The molecule has 0 bridgehead atoms. The van der Waals surface area contributed by atoms with Crippen molar-refractivity contribution < 1.29 is 34.7 Å². The third kappa shape index (κ3) is 7.87. The molecule has 0 saturated heterocycles. The summed E-state index contributed by atoms with van der Waals surface area (Å²) in [6.07, 6.45) is 0. The van der Waals surface area contributed by atoms with Crippen LogP contribution in [0, 0.1) is 13.8 Å². The van der Waals surface area contributed by atoms with Gasteiger partial charge in [-0.2, -0.15) is 16.8 Å². The zero-order valence-corrected chi connectivity index (χ0v) is 22.1. The maximum atomic E-state index is 12.4. The van der Waals surface area contributed by atoms with E-state index < -0.39 is 20.2 Å². The quantitative estimate of drug-likeness (QED) is 0.233. The molecule has 8 nitrogen and oxygen atoms in total. The van der Waals surface area contributed by atoms with Crippen LogP contribution in [0.3, 0.4) is 0 Å². The Bertz CT molecular complexity index is 1370. The summed E-state index contributed by atoms with van der Waals surface area (Å²) in [5.74, 6) is 0.219. The number of hydrogen-bond acceptors (Lipinski definition) is 8. The first kappa shape index (κ1) is 27.8. The normalized spacial score (nSPS) is 12.0. The standard InChI is InChI=1S/C26H30O8S2/c1-4-33-36(29,30)26-13-10-21(3)16-25(26)32-19-23-7-5-6-22(17-23)18-31-14-15-34-35(27,28)24-11-8-20(2)9-12-24/h5-13,16-17H,4,14-15,18-19H2,1-3H3. The monoisotopic (exact) mass is 534 g/mol. The minimum atomic E-state index is -3.92. The Hall–Kier alpha value is -2.76. The average Bonchev–Trinajstić information content (AvgIpc) is 2.83. The van der Waals surface area contributed by atoms with E-state index in [2.05, 4.69) is 0 Å². The van der Waals surface area contributed by atoms with E-state index in [0.717, 1.165) is 22.3 Å². The molecule has 0 spiro atoms. The van der Waals surface area contributed by atoms with Gasteiger partial charge in [-0.1, -0.05) is 48.0 Å². The van der Waals surface area contributed by atoms with Crippen molar-refractivity contribution in [1.29, 1.82) is 0 Å². The maximum absolute atomic E-state index is 12.4. The molecule has 194 valence electrons. The summed E-state index contributed by atoms with van der Waals surface area (Å²) in [7, 11) is -7.75. The van der Waals surface area contributed by atoms with Crippen molar-refractivity contribution >= 4 is 20.2 Å². The molecule has 3 rings (SSSR count). The lowest BCUT2D eigenvalue weighted by Crippen LogP contribution is -2.11. The van der Waals surface area contributed by atoms with Crippen LogP contribution in [0.5, 0.6) is 5.75 Å². The highest BCUT2D eigenvalue weighted by atomic mass is 32.2. The van der Waals surface area contributed by atoms with E-state index in [-0.39, 0.29) is 48.6 Å². The Kier molecular flexibility index (Phi) is 9.63. The summed E-state index contributed by atoms with van der Waals surface area (Å²) in [4.78, 5) is 0.0849. The van der Waals surface area contributed by atoms with Crippen molar-refractivity contribution in [3.8, 4) is 5.75 Å². The fourth-order valence-electron chi connectivity index (χ4n) is 3.29. The summed E-state index contributed by atoms with van der Waals surface area (Å²) in [5, 5.41) is 0. The molecule has 0 aliphatic heterocycles. The first-order valence-electron chi connectivity index (χ1n) is 11.4. The molecule has 0 saturated carbocycles. The first-order valence-corrected chi connectivity index (χ1v) is 14.2. The lowest BCUT2D eigenvalue weighted by molar-refractivity contribution is 0.0907. The van der Waals surface area contributed by atoms with Crippen LogP contribution in [0.1, 0.15) is 29.2 Å². The molecule has 0 aliphatic carbocycles. The number of ether oxygens (including phenoxy) is 2. The highest BCUT2D eigenvalue weighted by Gasteiger charge is 2.20. The molecule has 3 aromatic carbocycles. The highest BCUT2D eigenvalue weighted by Crippen LogP contribution is 2.27. The van der Waals surface area contributed by atoms with Gasteiger partial charge in [-0.3, -0.25) is 8.37 Å². The molecular weight excluding hydrogens is 504 g/mol. The smallest absolute Gasteiger partial charge is 0.300 e. The third-order valence-electron chi connectivity index (χ3n) is 5.07. The Morgan fingerprint density at radius 1 is 0.694 bits per heavy atom. The molecule has 0 radical (unpaired) electrons. The van der Waals surface area contributed by atoms with Crippen molar-refractivity contribution in [1.82, 2.24) is 0 Å². The van der Waals surface area contributed by atoms with Crippen LogP contribution < -0.4 is 4.74 Å². The van der Waals surface area contributed by atoms with Crippen molar-refractivity contribution in [3.63, 3.8) is 0 Å². The van der Waals surface area contributed by atoms with Crippen molar-refractivity contribution in [2.45, 2.75) is 43.8 Å². The van der Waals surface area contributed by atoms with Crippen LogP contribution in [-0.4, -0.2) is 36.7 Å². The lowest BCUT2D eigenvalue weighted by Gasteiger charge is -2.13. The molecule has 0 aliphatic rings. The van der Waals surface area contributed by atoms with Crippen LogP contribution >= 0.6 is 0 Å². The number of hydrogen-bond donors (Lipinski definition) is 0. The van der Waals surface area contributed by atoms with Crippen LogP contribution in [0.4, 0.5) is 0 Å². The van der Waals surface area contributed by atoms with E-state index in [9.17, 15) is 16.8 Å². The molecule has 0 heterocycles. The lowest BCUT2D eigenvalue weighted by atomic mass is 10.1. The Labute approximate surface area is 213 Å². The average molecular weight is 535 g/mol. The number of rotatable bonds is 13. The predicted octanol–water partition coefficient (Wildman–Crippen LogP) is 4.53. The van der Waals surface area contributed by atoms with Crippen molar-refractivity contribution in [2.24, 2.45) is 0 Å². The molecule has 0 N–H and O–H groups in total.